The SMILES string of the molecule is COC(=O)/C=C(\C1CCCC1)[B-](F)(F)F.[K+]. The van der Waals surface area contributed by atoms with Crippen LogP contribution in [0.1, 0.15) is 25.7 Å². The van der Waals surface area contributed by atoms with Gasteiger partial charge in [0.05, 0.1) is 7.11 Å². The third-order valence-corrected chi connectivity index (χ3v) is 2.69. The summed E-state index contributed by atoms with van der Waals surface area (Å²) < 4.78 is 42.2. The molecule has 1 aliphatic carbocycles. The average Bonchev–Trinajstić information content (AvgIpc) is 2.64. The summed E-state index contributed by atoms with van der Waals surface area (Å²) in [6.45, 7) is -5.08. The van der Waals surface area contributed by atoms with Crippen LogP contribution in [0.5, 0.6) is 0 Å². The zero-order valence-corrected chi connectivity index (χ0v) is 12.6. The summed E-state index contributed by atoms with van der Waals surface area (Å²) in [6.07, 6.45) is 3.24. The van der Waals surface area contributed by atoms with Crippen LogP contribution in [-0.4, -0.2) is 20.1 Å². The molecule has 0 bridgehead atoms. The van der Waals surface area contributed by atoms with Crippen LogP contribution in [0.3, 0.4) is 0 Å². The van der Waals surface area contributed by atoms with E-state index in [2.05, 4.69) is 4.74 Å². The number of hydrogen-bond donors (Lipinski definition) is 0. The van der Waals surface area contributed by atoms with Crippen molar-refractivity contribution in [3.63, 3.8) is 0 Å². The van der Waals surface area contributed by atoms with Crippen LogP contribution in [0.2, 0.25) is 0 Å². The molecule has 0 aromatic rings. The number of carbonyl (C=O) groups excluding carboxylic acids is 1. The minimum Gasteiger partial charge on any atom is -0.466 e. The van der Waals surface area contributed by atoms with Gasteiger partial charge in [-0.15, -0.1) is 5.47 Å². The fourth-order valence-electron chi connectivity index (χ4n) is 1.93. The Bertz CT molecular complexity index is 272. The van der Waals surface area contributed by atoms with Crippen LogP contribution in [0, 0.1) is 5.92 Å². The predicted octanol–water partition coefficient (Wildman–Crippen LogP) is -0.333. The van der Waals surface area contributed by atoms with Crippen molar-refractivity contribution >= 4 is 12.9 Å². The minimum absolute atomic E-state index is 0. The fraction of sp³-hybridized carbons (Fsp3) is 0.667. The largest absolute Gasteiger partial charge is 1.00 e. The number of allylic oxidation sites excluding steroid dienone is 1. The van der Waals surface area contributed by atoms with Crippen LogP contribution in [0.25, 0.3) is 0 Å². The molecule has 86 valence electrons. The molecule has 0 spiro atoms. The zero-order valence-electron chi connectivity index (χ0n) is 9.51. The van der Waals surface area contributed by atoms with Gasteiger partial charge in [-0.05, 0) is 24.8 Å². The van der Waals surface area contributed by atoms with Crippen molar-refractivity contribution in [2.45, 2.75) is 25.7 Å². The van der Waals surface area contributed by atoms with E-state index in [1.165, 1.54) is 0 Å². The first kappa shape index (κ1) is 16.7. The normalized spacial score (nSPS) is 18.1. The Morgan fingerprint density at radius 1 is 1.31 bits per heavy atom. The summed E-state index contributed by atoms with van der Waals surface area (Å²) >= 11 is 0. The third-order valence-electron chi connectivity index (χ3n) is 2.69. The van der Waals surface area contributed by atoms with Crippen LogP contribution < -0.4 is 51.4 Å². The molecule has 1 fully saturated rings. The molecule has 0 aromatic heterocycles. The Morgan fingerprint density at radius 3 is 2.19 bits per heavy atom. The molecular formula is C9H13BF3KO2. The van der Waals surface area contributed by atoms with Gasteiger partial charge in [-0.3, -0.25) is 0 Å². The first-order valence-electron chi connectivity index (χ1n) is 4.94. The molecule has 0 amide bonds. The molecule has 0 heterocycles. The minimum atomic E-state index is -5.08. The van der Waals surface area contributed by atoms with Gasteiger partial charge in [0.1, 0.15) is 0 Å². The van der Waals surface area contributed by atoms with Crippen molar-refractivity contribution in [2.75, 3.05) is 7.11 Å². The molecule has 0 radical (unpaired) electrons. The number of halogens is 3. The number of rotatable bonds is 3. The Labute approximate surface area is 135 Å². The standard InChI is InChI=1S/C9H13BF3O2.K/c1-15-9(14)6-8(10(11,12)13)7-4-2-3-5-7;/h6-7H,2-5H2,1H3;/q-1;+1/b8-6+;. The van der Waals surface area contributed by atoms with Gasteiger partial charge in [0, 0.05) is 0 Å². The Hall–Kier alpha value is 0.701. The smallest absolute Gasteiger partial charge is 0.466 e. The van der Waals surface area contributed by atoms with Crippen molar-refractivity contribution in [3.05, 3.63) is 11.5 Å². The van der Waals surface area contributed by atoms with E-state index in [0.29, 0.717) is 18.9 Å². The van der Waals surface area contributed by atoms with E-state index < -0.39 is 24.3 Å². The molecule has 1 rings (SSSR count). The summed E-state index contributed by atoms with van der Waals surface area (Å²) in [6, 6.07) is 0. The third kappa shape index (κ3) is 4.91. The van der Waals surface area contributed by atoms with E-state index in [1.807, 2.05) is 0 Å². The van der Waals surface area contributed by atoms with Crippen molar-refractivity contribution in [3.8, 4) is 0 Å². The Morgan fingerprint density at radius 2 is 1.81 bits per heavy atom. The number of esters is 1. The molecule has 0 aromatic carbocycles. The second-order valence-corrected chi connectivity index (χ2v) is 3.72. The van der Waals surface area contributed by atoms with Gasteiger partial charge in [-0.25, -0.2) is 4.79 Å². The Balaban J connectivity index is 0.00000225. The van der Waals surface area contributed by atoms with Crippen LogP contribution in [-0.2, 0) is 9.53 Å². The molecule has 2 nitrogen and oxygen atoms in total. The van der Waals surface area contributed by atoms with E-state index in [9.17, 15) is 17.7 Å². The molecule has 7 heteroatoms. The van der Waals surface area contributed by atoms with E-state index in [-0.39, 0.29) is 51.4 Å². The van der Waals surface area contributed by atoms with Gasteiger partial charge in [-0.1, -0.05) is 12.8 Å². The van der Waals surface area contributed by atoms with Crippen molar-refractivity contribution in [1.29, 1.82) is 0 Å². The molecule has 1 aliphatic rings. The first-order chi connectivity index (χ1) is 6.95. The summed E-state index contributed by atoms with van der Waals surface area (Å²) in [5.41, 5.74) is -0.681. The topological polar surface area (TPSA) is 26.3 Å². The molecule has 0 atom stereocenters. The fourth-order valence-corrected chi connectivity index (χ4v) is 1.93. The number of ether oxygens (including phenoxy) is 1. The summed E-state index contributed by atoms with van der Waals surface area (Å²) in [4.78, 5) is 10.8. The molecule has 0 N–H and O–H groups in total. The summed E-state index contributed by atoms with van der Waals surface area (Å²) in [7, 11) is 1.08. The Kier molecular flexibility index (Phi) is 7.52. The second-order valence-electron chi connectivity index (χ2n) is 3.72. The summed E-state index contributed by atoms with van der Waals surface area (Å²) in [5.74, 6) is -1.43. The number of methoxy groups -OCH3 is 1. The second kappa shape index (κ2) is 7.21. The van der Waals surface area contributed by atoms with Crippen molar-refractivity contribution < 1.29 is 73.9 Å². The molecule has 16 heavy (non-hydrogen) atoms. The summed E-state index contributed by atoms with van der Waals surface area (Å²) in [5, 5.41) is 0. The number of carbonyl (C=O) groups is 1. The molecule has 0 unspecified atom stereocenters. The van der Waals surface area contributed by atoms with Gasteiger partial charge in [-0.2, -0.15) is 0 Å². The monoisotopic (exact) mass is 260 g/mol. The van der Waals surface area contributed by atoms with Gasteiger partial charge >= 0.3 is 64.3 Å². The van der Waals surface area contributed by atoms with Gasteiger partial charge in [0.15, 0.2) is 0 Å². The van der Waals surface area contributed by atoms with Crippen LogP contribution in [0.15, 0.2) is 11.5 Å². The van der Waals surface area contributed by atoms with Crippen LogP contribution >= 0.6 is 0 Å². The van der Waals surface area contributed by atoms with E-state index in [1.54, 1.807) is 0 Å². The molecular weight excluding hydrogens is 247 g/mol. The maximum Gasteiger partial charge on any atom is 1.00 e. The predicted molar refractivity (Wildman–Crippen MR) is 51.1 cm³/mol. The first-order valence-corrected chi connectivity index (χ1v) is 4.94. The van der Waals surface area contributed by atoms with E-state index in [0.717, 1.165) is 20.0 Å². The maximum atomic E-state index is 12.7. The van der Waals surface area contributed by atoms with E-state index in [4.69, 9.17) is 0 Å². The van der Waals surface area contributed by atoms with Gasteiger partial charge in [0.25, 0.3) is 0 Å². The molecule has 0 aliphatic heterocycles. The van der Waals surface area contributed by atoms with E-state index >= 15 is 0 Å². The quantitative estimate of drug-likeness (QED) is 0.394. The van der Waals surface area contributed by atoms with Crippen molar-refractivity contribution in [1.82, 2.24) is 0 Å². The van der Waals surface area contributed by atoms with Crippen molar-refractivity contribution in [2.24, 2.45) is 5.92 Å². The molecule has 0 saturated heterocycles. The van der Waals surface area contributed by atoms with Gasteiger partial charge in [0.2, 0.25) is 0 Å². The van der Waals surface area contributed by atoms with Gasteiger partial charge < -0.3 is 17.7 Å². The molecule has 1 saturated carbocycles. The number of hydrogen-bond acceptors (Lipinski definition) is 2. The maximum absolute atomic E-state index is 12.7. The zero-order chi connectivity index (χ0) is 11.5. The van der Waals surface area contributed by atoms with Crippen LogP contribution in [0.4, 0.5) is 12.9 Å². The average molecular weight is 260 g/mol.